The van der Waals surface area contributed by atoms with Crippen LogP contribution in [0.25, 0.3) is 10.9 Å². The predicted octanol–water partition coefficient (Wildman–Crippen LogP) is 1.90. The highest BCUT2D eigenvalue weighted by Gasteiger charge is 2.42. The first-order valence-electron chi connectivity index (χ1n) is 7.73. The summed E-state index contributed by atoms with van der Waals surface area (Å²) in [6, 6.07) is 7.58. The van der Waals surface area contributed by atoms with E-state index in [9.17, 15) is 4.79 Å². The fourth-order valence-corrected chi connectivity index (χ4v) is 3.19. The van der Waals surface area contributed by atoms with Crippen molar-refractivity contribution in [3.8, 4) is 0 Å². The van der Waals surface area contributed by atoms with Crippen LogP contribution < -0.4 is 10.6 Å². The van der Waals surface area contributed by atoms with E-state index in [0.29, 0.717) is 12.8 Å². The minimum Gasteiger partial charge on any atom is -0.324 e. The van der Waals surface area contributed by atoms with Gasteiger partial charge in [0.15, 0.2) is 0 Å². The molecule has 8 heteroatoms. The summed E-state index contributed by atoms with van der Waals surface area (Å²) in [6.45, 7) is 1.60. The summed E-state index contributed by atoms with van der Waals surface area (Å²) in [7, 11) is 0. The zero-order valence-electron chi connectivity index (χ0n) is 13.0. The number of anilines is 1. The van der Waals surface area contributed by atoms with Crippen LogP contribution >= 0.6 is 12.4 Å². The minimum absolute atomic E-state index is 0. The van der Waals surface area contributed by atoms with Gasteiger partial charge in [-0.25, -0.2) is 0 Å². The molecule has 0 radical (unpaired) electrons. The predicted molar refractivity (Wildman–Crippen MR) is 94.3 cm³/mol. The number of carbonyl (C=O) groups is 1. The standard InChI is InChI=1S/C16H18N6O.ClH/c23-15(20-13-2-3-14-12(10-13)11-18-21-14)16(4-7-17-8-5-16)22-9-1-6-19-22;/h1-3,6,9-11,17H,4-5,7-8H2,(H,18,21)(H,20,23);1H. The monoisotopic (exact) mass is 346 g/mol. The van der Waals surface area contributed by atoms with Gasteiger partial charge < -0.3 is 10.6 Å². The third-order valence-corrected chi connectivity index (χ3v) is 4.49. The van der Waals surface area contributed by atoms with Crippen molar-refractivity contribution in [2.45, 2.75) is 18.4 Å². The molecule has 3 heterocycles. The Morgan fingerprint density at radius 1 is 1.29 bits per heavy atom. The molecule has 0 aliphatic carbocycles. The third-order valence-electron chi connectivity index (χ3n) is 4.49. The van der Waals surface area contributed by atoms with Crippen molar-refractivity contribution < 1.29 is 4.79 Å². The number of benzene rings is 1. The molecule has 3 N–H and O–H groups in total. The van der Waals surface area contributed by atoms with Crippen LogP contribution in [0.2, 0.25) is 0 Å². The summed E-state index contributed by atoms with van der Waals surface area (Å²) < 4.78 is 1.79. The summed E-state index contributed by atoms with van der Waals surface area (Å²) in [5.74, 6) is -0.0226. The number of amides is 1. The van der Waals surface area contributed by atoms with E-state index in [1.165, 1.54) is 0 Å². The molecule has 0 atom stereocenters. The molecule has 1 aliphatic rings. The van der Waals surface area contributed by atoms with Crippen molar-refractivity contribution in [1.82, 2.24) is 25.3 Å². The van der Waals surface area contributed by atoms with Crippen molar-refractivity contribution in [3.63, 3.8) is 0 Å². The van der Waals surface area contributed by atoms with E-state index < -0.39 is 5.54 Å². The topological polar surface area (TPSA) is 87.6 Å². The Morgan fingerprint density at radius 2 is 2.12 bits per heavy atom. The highest BCUT2D eigenvalue weighted by molar-refractivity contribution is 5.98. The lowest BCUT2D eigenvalue weighted by molar-refractivity contribution is -0.126. The number of carbonyl (C=O) groups excluding carboxylic acids is 1. The second-order valence-electron chi connectivity index (χ2n) is 5.86. The van der Waals surface area contributed by atoms with Gasteiger partial charge in [-0.1, -0.05) is 0 Å². The van der Waals surface area contributed by atoms with E-state index in [4.69, 9.17) is 0 Å². The highest BCUT2D eigenvalue weighted by Crippen LogP contribution is 2.29. The number of hydrogen-bond acceptors (Lipinski definition) is 4. The first-order chi connectivity index (χ1) is 11.3. The fourth-order valence-electron chi connectivity index (χ4n) is 3.19. The molecule has 4 rings (SSSR count). The molecule has 0 bridgehead atoms. The van der Waals surface area contributed by atoms with E-state index in [2.05, 4.69) is 25.9 Å². The van der Waals surface area contributed by atoms with Crippen molar-refractivity contribution in [1.29, 1.82) is 0 Å². The Morgan fingerprint density at radius 3 is 2.88 bits per heavy atom. The number of aromatic nitrogens is 4. The maximum atomic E-state index is 13.0. The molecular formula is C16H19ClN6O. The van der Waals surface area contributed by atoms with Gasteiger partial charge in [-0.05, 0) is 50.2 Å². The fraction of sp³-hybridized carbons (Fsp3) is 0.312. The van der Waals surface area contributed by atoms with E-state index >= 15 is 0 Å². The van der Waals surface area contributed by atoms with Gasteiger partial charge in [0.05, 0.1) is 11.7 Å². The Bertz CT molecular complexity index is 822. The van der Waals surface area contributed by atoms with Gasteiger partial charge in [-0.2, -0.15) is 10.2 Å². The average Bonchev–Trinajstić information content (AvgIpc) is 3.27. The summed E-state index contributed by atoms with van der Waals surface area (Å²) in [6.07, 6.45) is 6.76. The largest absolute Gasteiger partial charge is 0.324 e. The van der Waals surface area contributed by atoms with E-state index in [-0.39, 0.29) is 18.3 Å². The first kappa shape index (κ1) is 16.5. The Labute approximate surface area is 145 Å². The number of hydrogen-bond donors (Lipinski definition) is 3. The van der Waals surface area contributed by atoms with E-state index in [0.717, 1.165) is 29.7 Å². The van der Waals surface area contributed by atoms with Gasteiger partial charge in [-0.15, -0.1) is 12.4 Å². The van der Waals surface area contributed by atoms with Crippen LogP contribution in [0.15, 0.2) is 42.9 Å². The van der Waals surface area contributed by atoms with Crippen molar-refractivity contribution in [3.05, 3.63) is 42.9 Å². The first-order valence-corrected chi connectivity index (χ1v) is 7.73. The number of nitrogens with zero attached hydrogens (tertiary/aromatic N) is 3. The van der Waals surface area contributed by atoms with Gasteiger partial charge >= 0.3 is 0 Å². The number of piperidine rings is 1. The number of H-pyrrole nitrogens is 1. The molecule has 1 aliphatic heterocycles. The van der Waals surface area contributed by atoms with Gasteiger partial charge in [0, 0.05) is 23.5 Å². The molecule has 2 aromatic heterocycles. The molecule has 1 amide bonds. The number of fused-ring (bicyclic) bond motifs is 1. The molecule has 1 saturated heterocycles. The average molecular weight is 347 g/mol. The zero-order valence-corrected chi connectivity index (χ0v) is 13.8. The molecule has 3 aromatic rings. The minimum atomic E-state index is -0.639. The molecule has 0 saturated carbocycles. The van der Waals surface area contributed by atoms with Gasteiger partial charge in [-0.3, -0.25) is 14.6 Å². The Kier molecular flexibility index (Phi) is 4.55. The normalized spacial score (nSPS) is 16.5. The summed E-state index contributed by atoms with van der Waals surface area (Å²) in [4.78, 5) is 13.0. The molecular weight excluding hydrogens is 328 g/mol. The lowest BCUT2D eigenvalue weighted by atomic mass is 9.87. The molecule has 7 nitrogen and oxygen atoms in total. The SMILES string of the molecule is Cl.O=C(Nc1ccc2[nH]ncc2c1)C1(n2cccn2)CCNCC1. The number of nitrogens with one attached hydrogen (secondary N) is 3. The quantitative estimate of drug-likeness (QED) is 0.676. The van der Waals surface area contributed by atoms with Crippen molar-refractivity contribution in [2.24, 2.45) is 0 Å². The zero-order chi connectivity index (χ0) is 15.7. The molecule has 1 fully saturated rings. The van der Waals surface area contributed by atoms with Crippen LogP contribution in [-0.2, 0) is 10.3 Å². The molecule has 0 spiro atoms. The lowest BCUT2D eigenvalue weighted by Gasteiger charge is -2.36. The van der Waals surface area contributed by atoms with Crippen LogP contribution in [0, 0.1) is 0 Å². The van der Waals surface area contributed by atoms with Gasteiger partial charge in [0.2, 0.25) is 0 Å². The third kappa shape index (κ3) is 2.76. The Balaban J connectivity index is 0.00000169. The number of aromatic amines is 1. The highest BCUT2D eigenvalue weighted by atomic mass is 35.5. The summed E-state index contributed by atoms with van der Waals surface area (Å²) in [5, 5.41) is 18.6. The van der Waals surface area contributed by atoms with Crippen LogP contribution in [-0.4, -0.2) is 39.0 Å². The lowest BCUT2D eigenvalue weighted by Crippen LogP contribution is -2.52. The van der Waals surface area contributed by atoms with Crippen LogP contribution in [0.1, 0.15) is 12.8 Å². The number of rotatable bonds is 3. The smallest absolute Gasteiger partial charge is 0.252 e. The molecule has 0 unspecified atom stereocenters. The van der Waals surface area contributed by atoms with Crippen molar-refractivity contribution >= 4 is 34.9 Å². The van der Waals surface area contributed by atoms with Gasteiger partial charge in [0.1, 0.15) is 5.54 Å². The maximum absolute atomic E-state index is 13.0. The van der Waals surface area contributed by atoms with E-state index in [1.807, 2.05) is 30.5 Å². The molecule has 24 heavy (non-hydrogen) atoms. The maximum Gasteiger partial charge on any atom is 0.252 e. The summed E-state index contributed by atoms with van der Waals surface area (Å²) in [5.41, 5.74) is 1.08. The number of halogens is 1. The Hall–Kier alpha value is -2.38. The summed E-state index contributed by atoms with van der Waals surface area (Å²) >= 11 is 0. The van der Waals surface area contributed by atoms with Crippen molar-refractivity contribution in [2.75, 3.05) is 18.4 Å². The second kappa shape index (κ2) is 6.62. The molecule has 126 valence electrons. The van der Waals surface area contributed by atoms with Gasteiger partial charge in [0.25, 0.3) is 5.91 Å². The van der Waals surface area contributed by atoms with E-state index in [1.54, 1.807) is 17.1 Å². The van der Waals surface area contributed by atoms with Crippen LogP contribution in [0.3, 0.4) is 0 Å². The van der Waals surface area contributed by atoms with Crippen LogP contribution in [0.5, 0.6) is 0 Å². The molecule has 1 aromatic carbocycles. The van der Waals surface area contributed by atoms with Crippen LogP contribution in [0.4, 0.5) is 5.69 Å². The second-order valence-corrected chi connectivity index (χ2v) is 5.86.